The highest BCUT2D eigenvalue weighted by molar-refractivity contribution is 5.83. The van der Waals surface area contributed by atoms with Crippen molar-refractivity contribution < 1.29 is 14.3 Å². The highest BCUT2D eigenvalue weighted by Crippen LogP contribution is 2.31. The van der Waals surface area contributed by atoms with E-state index in [4.69, 9.17) is 4.74 Å². The van der Waals surface area contributed by atoms with Crippen LogP contribution in [0.1, 0.15) is 19.3 Å². The van der Waals surface area contributed by atoms with Crippen LogP contribution in [0.2, 0.25) is 0 Å². The lowest BCUT2D eigenvalue weighted by Gasteiger charge is -2.38. The Morgan fingerprint density at radius 3 is 2.53 bits per heavy atom. The molecule has 0 atom stereocenters. The normalized spacial score (nSPS) is 17.8. The molecule has 0 aromatic carbocycles. The number of methoxy groups -OCH3 is 1. The zero-order valence-electron chi connectivity index (χ0n) is 12.1. The van der Waals surface area contributed by atoms with Gasteiger partial charge in [0, 0.05) is 34.2 Å². The van der Waals surface area contributed by atoms with E-state index in [1.807, 2.05) is 0 Å². The first kappa shape index (κ1) is 15.9. The summed E-state index contributed by atoms with van der Waals surface area (Å²) in [5, 5.41) is 5.82. The van der Waals surface area contributed by atoms with Gasteiger partial charge in [-0.25, -0.2) is 0 Å². The van der Waals surface area contributed by atoms with Gasteiger partial charge in [-0.1, -0.05) is 0 Å². The third kappa shape index (κ3) is 4.18. The van der Waals surface area contributed by atoms with Crippen molar-refractivity contribution >= 4 is 11.8 Å². The van der Waals surface area contributed by atoms with Crippen molar-refractivity contribution in [3.63, 3.8) is 0 Å². The second-order valence-electron chi connectivity index (χ2n) is 5.11. The fourth-order valence-electron chi connectivity index (χ4n) is 2.50. The number of carbonyl (C=O) groups excluding carboxylic acids is 2. The molecule has 1 saturated heterocycles. The Bertz CT molecular complexity index is 309. The van der Waals surface area contributed by atoms with Crippen LogP contribution in [0.25, 0.3) is 0 Å². The summed E-state index contributed by atoms with van der Waals surface area (Å²) in [6.07, 6.45) is 1.90. The molecule has 0 aromatic rings. The molecule has 110 valence electrons. The van der Waals surface area contributed by atoms with Gasteiger partial charge in [0.15, 0.2) is 0 Å². The van der Waals surface area contributed by atoms with Crippen molar-refractivity contribution in [3.8, 4) is 0 Å². The van der Waals surface area contributed by atoms with Crippen LogP contribution in [0.4, 0.5) is 0 Å². The quantitative estimate of drug-likeness (QED) is 0.689. The predicted octanol–water partition coefficient (Wildman–Crippen LogP) is -0.403. The molecule has 0 saturated carbocycles. The Balaban J connectivity index is 2.62. The van der Waals surface area contributed by atoms with E-state index in [9.17, 15) is 9.59 Å². The van der Waals surface area contributed by atoms with Gasteiger partial charge in [-0.3, -0.25) is 9.59 Å². The van der Waals surface area contributed by atoms with Crippen LogP contribution in [0.3, 0.4) is 0 Å². The van der Waals surface area contributed by atoms with Crippen LogP contribution in [-0.4, -0.2) is 64.2 Å². The number of rotatable bonds is 6. The van der Waals surface area contributed by atoms with Gasteiger partial charge < -0.3 is 20.3 Å². The Morgan fingerprint density at radius 1 is 1.37 bits per heavy atom. The maximum Gasteiger partial charge on any atom is 0.230 e. The molecule has 0 bridgehead atoms. The van der Waals surface area contributed by atoms with Gasteiger partial charge in [0.1, 0.15) is 0 Å². The molecular weight excluding hydrogens is 246 g/mol. The van der Waals surface area contributed by atoms with Crippen LogP contribution < -0.4 is 10.6 Å². The lowest BCUT2D eigenvalue weighted by Crippen LogP contribution is -2.51. The van der Waals surface area contributed by atoms with Gasteiger partial charge in [-0.2, -0.15) is 0 Å². The lowest BCUT2D eigenvalue weighted by molar-refractivity contribution is -0.146. The number of nitrogens with one attached hydrogen (secondary N) is 2. The van der Waals surface area contributed by atoms with Crippen LogP contribution in [0.5, 0.6) is 0 Å². The molecule has 1 aliphatic rings. The molecule has 6 nitrogen and oxygen atoms in total. The smallest absolute Gasteiger partial charge is 0.230 e. The monoisotopic (exact) mass is 271 g/mol. The molecule has 19 heavy (non-hydrogen) atoms. The molecule has 1 heterocycles. The SMILES string of the molecule is CNC(=O)CCN(C)C(=O)C1(COC)CCNCC1. The van der Waals surface area contributed by atoms with E-state index in [-0.39, 0.29) is 11.8 Å². The fraction of sp³-hybridized carbons (Fsp3) is 0.846. The van der Waals surface area contributed by atoms with E-state index < -0.39 is 5.41 Å². The molecule has 0 unspecified atom stereocenters. The number of piperidine rings is 1. The van der Waals surface area contributed by atoms with E-state index in [0.717, 1.165) is 25.9 Å². The summed E-state index contributed by atoms with van der Waals surface area (Å²) >= 11 is 0. The minimum atomic E-state index is -0.433. The second kappa shape index (κ2) is 7.45. The molecule has 1 fully saturated rings. The van der Waals surface area contributed by atoms with Gasteiger partial charge in [0.25, 0.3) is 0 Å². The van der Waals surface area contributed by atoms with E-state index in [2.05, 4.69) is 10.6 Å². The minimum absolute atomic E-state index is 0.0502. The van der Waals surface area contributed by atoms with Gasteiger partial charge in [0.2, 0.25) is 11.8 Å². The molecule has 2 amide bonds. The molecule has 0 spiro atoms. The Kier molecular flexibility index (Phi) is 6.24. The molecule has 6 heteroatoms. The molecule has 0 aliphatic carbocycles. The average Bonchev–Trinajstić information content (AvgIpc) is 2.44. The second-order valence-corrected chi connectivity index (χ2v) is 5.11. The van der Waals surface area contributed by atoms with Gasteiger partial charge in [-0.15, -0.1) is 0 Å². The van der Waals surface area contributed by atoms with Crippen LogP contribution in [-0.2, 0) is 14.3 Å². The maximum absolute atomic E-state index is 12.6. The fourth-order valence-corrected chi connectivity index (χ4v) is 2.50. The molecule has 1 rings (SSSR count). The number of hydrogen-bond donors (Lipinski definition) is 2. The zero-order valence-corrected chi connectivity index (χ0v) is 12.1. The number of amides is 2. The number of hydrogen-bond acceptors (Lipinski definition) is 4. The van der Waals surface area contributed by atoms with E-state index in [0.29, 0.717) is 19.6 Å². The summed E-state index contributed by atoms with van der Waals surface area (Å²) < 4.78 is 5.25. The van der Waals surface area contributed by atoms with E-state index in [1.54, 1.807) is 26.1 Å². The van der Waals surface area contributed by atoms with Crippen molar-refractivity contribution in [3.05, 3.63) is 0 Å². The number of nitrogens with zero attached hydrogens (tertiary/aromatic N) is 1. The summed E-state index contributed by atoms with van der Waals surface area (Å²) in [7, 11) is 4.98. The largest absolute Gasteiger partial charge is 0.384 e. The summed E-state index contributed by atoms with van der Waals surface area (Å²) in [6.45, 7) is 2.55. The van der Waals surface area contributed by atoms with Crippen LogP contribution in [0, 0.1) is 5.41 Å². The minimum Gasteiger partial charge on any atom is -0.384 e. The Morgan fingerprint density at radius 2 is 2.00 bits per heavy atom. The zero-order chi connectivity index (χ0) is 14.3. The predicted molar refractivity (Wildman–Crippen MR) is 72.7 cm³/mol. The summed E-state index contributed by atoms with van der Waals surface area (Å²) in [6, 6.07) is 0. The van der Waals surface area contributed by atoms with Crippen LogP contribution in [0.15, 0.2) is 0 Å². The molecule has 0 aromatic heterocycles. The molecule has 2 N–H and O–H groups in total. The van der Waals surface area contributed by atoms with Crippen molar-refractivity contribution in [1.29, 1.82) is 0 Å². The molecule has 0 radical (unpaired) electrons. The van der Waals surface area contributed by atoms with Gasteiger partial charge in [0.05, 0.1) is 12.0 Å². The highest BCUT2D eigenvalue weighted by atomic mass is 16.5. The Hall–Kier alpha value is -1.14. The standard InChI is InChI=1S/C13H25N3O3/c1-14-11(17)4-9-16(2)12(18)13(10-19-3)5-7-15-8-6-13/h15H,4-10H2,1-3H3,(H,14,17). The molecular formula is C13H25N3O3. The van der Waals surface area contributed by atoms with Crippen molar-refractivity contribution in [2.75, 3.05) is 47.4 Å². The highest BCUT2D eigenvalue weighted by Gasteiger charge is 2.41. The summed E-state index contributed by atoms with van der Waals surface area (Å²) in [5.74, 6) is 0.0329. The van der Waals surface area contributed by atoms with E-state index >= 15 is 0 Å². The van der Waals surface area contributed by atoms with Crippen molar-refractivity contribution in [2.45, 2.75) is 19.3 Å². The number of ether oxygens (including phenoxy) is 1. The maximum atomic E-state index is 12.6. The number of carbonyl (C=O) groups is 2. The van der Waals surface area contributed by atoms with Crippen molar-refractivity contribution in [1.82, 2.24) is 15.5 Å². The van der Waals surface area contributed by atoms with Crippen molar-refractivity contribution in [2.24, 2.45) is 5.41 Å². The average molecular weight is 271 g/mol. The summed E-state index contributed by atoms with van der Waals surface area (Å²) in [5.41, 5.74) is -0.433. The summed E-state index contributed by atoms with van der Waals surface area (Å²) in [4.78, 5) is 25.5. The van der Waals surface area contributed by atoms with Gasteiger partial charge in [-0.05, 0) is 25.9 Å². The lowest BCUT2D eigenvalue weighted by atomic mass is 9.78. The molecule has 1 aliphatic heterocycles. The Labute approximate surface area is 114 Å². The third-order valence-corrected chi connectivity index (χ3v) is 3.73. The topological polar surface area (TPSA) is 70.7 Å². The third-order valence-electron chi connectivity index (χ3n) is 3.73. The van der Waals surface area contributed by atoms with Crippen LogP contribution >= 0.6 is 0 Å². The first-order valence-electron chi connectivity index (χ1n) is 6.71. The van der Waals surface area contributed by atoms with E-state index in [1.165, 1.54) is 0 Å². The first-order chi connectivity index (χ1) is 9.05. The van der Waals surface area contributed by atoms with Gasteiger partial charge >= 0.3 is 0 Å². The first-order valence-corrected chi connectivity index (χ1v) is 6.71.